The largest absolute Gasteiger partial charge is 0.336 e. The monoisotopic (exact) mass is 238 g/mol. The summed E-state index contributed by atoms with van der Waals surface area (Å²) in [6, 6.07) is 0.137. The normalized spacial score (nSPS) is 28.2. The average molecular weight is 238 g/mol. The fourth-order valence-electron chi connectivity index (χ4n) is 3.01. The number of amides is 1. The molecule has 1 amide bonds. The Morgan fingerprint density at radius 1 is 1.35 bits per heavy atom. The fraction of sp³-hybridized carbons (Fsp3) is 0.929. The third-order valence-corrected chi connectivity index (χ3v) is 4.80. The van der Waals surface area contributed by atoms with Crippen molar-refractivity contribution in [3.63, 3.8) is 0 Å². The molecule has 0 spiro atoms. The van der Waals surface area contributed by atoms with Crippen LogP contribution in [0.1, 0.15) is 58.8 Å². The van der Waals surface area contributed by atoms with E-state index in [0.717, 1.165) is 25.3 Å². The Morgan fingerprint density at radius 2 is 2.06 bits per heavy atom. The first-order valence-electron chi connectivity index (χ1n) is 7.08. The van der Waals surface area contributed by atoms with E-state index in [0.29, 0.717) is 12.3 Å². The van der Waals surface area contributed by atoms with E-state index in [1.807, 2.05) is 4.90 Å². The number of rotatable bonds is 4. The van der Waals surface area contributed by atoms with Gasteiger partial charge in [-0.15, -0.1) is 0 Å². The predicted octanol–water partition coefficient (Wildman–Crippen LogP) is 2.29. The van der Waals surface area contributed by atoms with Gasteiger partial charge < -0.3 is 10.6 Å². The molecule has 2 N–H and O–H groups in total. The van der Waals surface area contributed by atoms with Crippen LogP contribution in [0, 0.1) is 5.92 Å². The predicted molar refractivity (Wildman–Crippen MR) is 69.6 cm³/mol. The van der Waals surface area contributed by atoms with Crippen molar-refractivity contribution in [1.29, 1.82) is 0 Å². The Hall–Kier alpha value is -0.570. The van der Waals surface area contributed by atoms with E-state index in [9.17, 15) is 4.79 Å². The first-order chi connectivity index (χ1) is 8.01. The SMILES string of the molecule is CC1(C)C(N)CCN1C(=O)CCCC1CCC1. The second-order valence-corrected chi connectivity index (χ2v) is 6.28. The summed E-state index contributed by atoms with van der Waals surface area (Å²) in [6.07, 6.45) is 8.13. The van der Waals surface area contributed by atoms with Crippen molar-refractivity contribution >= 4 is 5.91 Å². The molecular weight excluding hydrogens is 212 g/mol. The standard InChI is InChI=1S/C14H26N2O/c1-14(2)12(15)9-10-16(14)13(17)8-4-7-11-5-3-6-11/h11-12H,3-10,15H2,1-2H3. The zero-order valence-electron chi connectivity index (χ0n) is 11.2. The Labute approximate surface area is 105 Å². The van der Waals surface area contributed by atoms with E-state index in [2.05, 4.69) is 13.8 Å². The molecule has 3 heteroatoms. The molecule has 2 fully saturated rings. The van der Waals surface area contributed by atoms with Gasteiger partial charge in [0, 0.05) is 19.0 Å². The van der Waals surface area contributed by atoms with Crippen molar-refractivity contribution in [3.8, 4) is 0 Å². The molecule has 17 heavy (non-hydrogen) atoms. The lowest BCUT2D eigenvalue weighted by molar-refractivity contribution is -0.134. The molecule has 0 aromatic heterocycles. The Balaban J connectivity index is 1.75. The van der Waals surface area contributed by atoms with Crippen LogP contribution in [0.4, 0.5) is 0 Å². The third-order valence-electron chi connectivity index (χ3n) is 4.80. The minimum Gasteiger partial charge on any atom is -0.336 e. The molecule has 1 aliphatic carbocycles. The van der Waals surface area contributed by atoms with Crippen LogP contribution in [0.15, 0.2) is 0 Å². The number of carbonyl (C=O) groups excluding carboxylic acids is 1. The van der Waals surface area contributed by atoms with Crippen LogP contribution < -0.4 is 5.73 Å². The second-order valence-electron chi connectivity index (χ2n) is 6.28. The third kappa shape index (κ3) is 2.65. The molecule has 1 unspecified atom stereocenters. The fourth-order valence-corrected chi connectivity index (χ4v) is 3.01. The summed E-state index contributed by atoms with van der Waals surface area (Å²) in [5.41, 5.74) is 5.91. The Morgan fingerprint density at radius 3 is 2.53 bits per heavy atom. The number of hydrogen-bond acceptors (Lipinski definition) is 2. The molecule has 1 saturated heterocycles. The van der Waals surface area contributed by atoms with Crippen molar-refractivity contribution in [2.75, 3.05) is 6.54 Å². The van der Waals surface area contributed by atoms with Gasteiger partial charge in [0.15, 0.2) is 0 Å². The minimum absolute atomic E-state index is 0.137. The first-order valence-corrected chi connectivity index (χ1v) is 7.08. The summed E-state index contributed by atoms with van der Waals surface area (Å²) >= 11 is 0. The average Bonchev–Trinajstić information content (AvgIpc) is 2.46. The van der Waals surface area contributed by atoms with Gasteiger partial charge in [-0.05, 0) is 39.0 Å². The van der Waals surface area contributed by atoms with Crippen molar-refractivity contribution < 1.29 is 4.79 Å². The number of nitrogens with two attached hydrogens (primary N) is 1. The van der Waals surface area contributed by atoms with Gasteiger partial charge >= 0.3 is 0 Å². The molecule has 98 valence electrons. The highest BCUT2D eigenvalue weighted by atomic mass is 16.2. The van der Waals surface area contributed by atoms with E-state index in [1.165, 1.54) is 25.7 Å². The van der Waals surface area contributed by atoms with Gasteiger partial charge in [-0.3, -0.25) is 4.79 Å². The molecule has 0 bridgehead atoms. The topological polar surface area (TPSA) is 46.3 Å². The zero-order valence-corrected chi connectivity index (χ0v) is 11.2. The summed E-state index contributed by atoms with van der Waals surface area (Å²) in [7, 11) is 0. The lowest BCUT2D eigenvalue weighted by Crippen LogP contribution is -2.51. The van der Waals surface area contributed by atoms with Gasteiger partial charge in [0.2, 0.25) is 5.91 Å². The second kappa shape index (κ2) is 4.97. The maximum atomic E-state index is 12.2. The highest BCUT2D eigenvalue weighted by Crippen LogP contribution is 2.32. The van der Waals surface area contributed by atoms with Crippen LogP contribution >= 0.6 is 0 Å². The summed E-state index contributed by atoms with van der Waals surface area (Å²) in [5.74, 6) is 1.22. The maximum absolute atomic E-state index is 12.2. The molecule has 0 radical (unpaired) electrons. The molecule has 1 saturated carbocycles. The number of nitrogens with zero attached hydrogens (tertiary/aromatic N) is 1. The first kappa shape index (κ1) is 12.9. The van der Waals surface area contributed by atoms with E-state index >= 15 is 0 Å². The van der Waals surface area contributed by atoms with E-state index < -0.39 is 0 Å². The number of carbonyl (C=O) groups is 1. The molecule has 1 atom stereocenters. The Bertz CT molecular complexity index is 284. The molecule has 0 aromatic carbocycles. The summed E-state index contributed by atoms with van der Waals surface area (Å²) in [6.45, 7) is 5.03. The highest BCUT2D eigenvalue weighted by Gasteiger charge is 2.41. The molecule has 3 nitrogen and oxygen atoms in total. The van der Waals surface area contributed by atoms with Gasteiger partial charge in [-0.1, -0.05) is 19.3 Å². The van der Waals surface area contributed by atoms with Gasteiger partial charge in [-0.25, -0.2) is 0 Å². The van der Waals surface area contributed by atoms with Gasteiger partial charge in [0.25, 0.3) is 0 Å². The van der Waals surface area contributed by atoms with Gasteiger partial charge in [-0.2, -0.15) is 0 Å². The van der Waals surface area contributed by atoms with Gasteiger partial charge in [0.1, 0.15) is 0 Å². The molecular formula is C14H26N2O. The molecule has 0 aromatic rings. The van der Waals surface area contributed by atoms with Crippen LogP contribution in [0.25, 0.3) is 0 Å². The maximum Gasteiger partial charge on any atom is 0.223 e. The van der Waals surface area contributed by atoms with Crippen molar-refractivity contribution in [2.24, 2.45) is 11.7 Å². The van der Waals surface area contributed by atoms with Crippen LogP contribution in [0.5, 0.6) is 0 Å². The van der Waals surface area contributed by atoms with E-state index in [-0.39, 0.29) is 11.6 Å². The Kier molecular flexibility index (Phi) is 3.76. The summed E-state index contributed by atoms with van der Waals surface area (Å²) in [5, 5.41) is 0. The molecule has 1 heterocycles. The zero-order chi connectivity index (χ0) is 12.5. The number of likely N-dealkylation sites (tertiary alicyclic amines) is 1. The molecule has 1 aliphatic heterocycles. The molecule has 2 rings (SSSR count). The quantitative estimate of drug-likeness (QED) is 0.817. The van der Waals surface area contributed by atoms with Crippen molar-refractivity contribution in [2.45, 2.75) is 70.4 Å². The highest BCUT2D eigenvalue weighted by molar-refractivity contribution is 5.77. The van der Waals surface area contributed by atoms with E-state index in [4.69, 9.17) is 5.73 Å². The van der Waals surface area contributed by atoms with Gasteiger partial charge in [0.05, 0.1) is 5.54 Å². The van der Waals surface area contributed by atoms with Crippen LogP contribution in [-0.2, 0) is 4.79 Å². The lowest BCUT2D eigenvalue weighted by atomic mass is 9.82. The van der Waals surface area contributed by atoms with Crippen molar-refractivity contribution in [3.05, 3.63) is 0 Å². The summed E-state index contributed by atoms with van der Waals surface area (Å²) in [4.78, 5) is 14.2. The lowest BCUT2D eigenvalue weighted by Gasteiger charge is -2.34. The smallest absolute Gasteiger partial charge is 0.223 e. The van der Waals surface area contributed by atoms with Crippen molar-refractivity contribution in [1.82, 2.24) is 4.90 Å². The van der Waals surface area contributed by atoms with Crippen LogP contribution in [0.2, 0.25) is 0 Å². The van der Waals surface area contributed by atoms with Crippen LogP contribution in [0.3, 0.4) is 0 Å². The molecule has 2 aliphatic rings. The summed E-state index contributed by atoms with van der Waals surface area (Å²) < 4.78 is 0. The number of hydrogen-bond donors (Lipinski definition) is 1. The van der Waals surface area contributed by atoms with E-state index in [1.54, 1.807) is 0 Å². The van der Waals surface area contributed by atoms with Crippen LogP contribution in [-0.4, -0.2) is 28.9 Å². The minimum atomic E-state index is -0.145.